The normalized spacial score (nSPS) is 15.4. The van der Waals surface area contributed by atoms with Crippen LogP contribution in [0.5, 0.6) is 0 Å². The van der Waals surface area contributed by atoms with Gasteiger partial charge in [0.1, 0.15) is 5.69 Å². The molecule has 9 heteroatoms. The summed E-state index contributed by atoms with van der Waals surface area (Å²) in [7, 11) is -3.27. The number of nitro groups is 1. The second-order valence-corrected chi connectivity index (χ2v) is 8.70. The standard InChI is InChI=1S/C19H21N3O5S/c1-2-28(26,27)21-12-10-20(11-13-21)17-9-8-16(14-18(17)22(24)25)19(23)15-6-4-3-5-7-15/h3-9,14H,2,10-13H2,1H3. The van der Waals surface area contributed by atoms with Crippen molar-refractivity contribution in [2.45, 2.75) is 6.92 Å². The number of nitrogens with zero attached hydrogens (tertiary/aromatic N) is 3. The number of rotatable bonds is 6. The molecule has 0 spiro atoms. The van der Waals surface area contributed by atoms with E-state index in [4.69, 9.17) is 0 Å². The number of sulfonamides is 1. The molecule has 1 aliphatic rings. The molecule has 0 saturated carbocycles. The number of carbonyl (C=O) groups is 1. The van der Waals surface area contributed by atoms with Crippen LogP contribution in [0, 0.1) is 10.1 Å². The van der Waals surface area contributed by atoms with Crippen LogP contribution in [-0.4, -0.2) is 55.4 Å². The Labute approximate surface area is 163 Å². The molecule has 1 fully saturated rings. The highest BCUT2D eigenvalue weighted by Crippen LogP contribution is 2.31. The van der Waals surface area contributed by atoms with E-state index < -0.39 is 14.9 Å². The Morgan fingerprint density at radius 1 is 1.04 bits per heavy atom. The summed E-state index contributed by atoms with van der Waals surface area (Å²) in [5, 5.41) is 11.6. The van der Waals surface area contributed by atoms with Gasteiger partial charge >= 0.3 is 0 Å². The van der Waals surface area contributed by atoms with Crippen molar-refractivity contribution in [1.82, 2.24) is 4.31 Å². The zero-order valence-corrected chi connectivity index (χ0v) is 16.3. The third kappa shape index (κ3) is 4.05. The summed E-state index contributed by atoms with van der Waals surface area (Å²) in [6.07, 6.45) is 0. The minimum atomic E-state index is -3.27. The molecule has 0 N–H and O–H groups in total. The van der Waals surface area contributed by atoms with Crippen LogP contribution in [0.15, 0.2) is 48.5 Å². The van der Waals surface area contributed by atoms with E-state index in [1.54, 1.807) is 54.3 Å². The lowest BCUT2D eigenvalue weighted by Crippen LogP contribution is -2.49. The van der Waals surface area contributed by atoms with Crippen molar-refractivity contribution < 1.29 is 18.1 Å². The Balaban J connectivity index is 1.85. The van der Waals surface area contributed by atoms with Crippen LogP contribution in [0.4, 0.5) is 11.4 Å². The zero-order valence-electron chi connectivity index (χ0n) is 15.4. The van der Waals surface area contributed by atoms with Crippen molar-refractivity contribution in [3.8, 4) is 0 Å². The molecule has 3 rings (SSSR count). The summed E-state index contributed by atoms with van der Waals surface area (Å²) < 4.78 is 25.4. The molecule has 0 unspecified atom stereocenters. The smallest absolute Gasteiger partial charge is 0.293 e. The Morgan fingerprint density at radius 3 is 2.25 bits per heavy atom. The molecule has 148 valence electrons. The molecule has 0 amide bonds. The van der Waals surface area contributed by atoms with Crippen molar-refractivity contribution in [3.05, 3.63) is 69.8 Å². The molecule has 1 aliphatic heterocycles. The molecule has 0 atom stereocenters. The third-order valence-electron chi connectivity index (χ3n) is 4.81. The lowest BCUT2D eigenvalue weighted by Gasteiger charge is -2.34. The fourth-order valence-corrected chi connectivity index (χ4v) is 4.31. The number of anilines is 1. The molecule has 1 saturated heterocycles. The second kappa shape index (κ2) is 8.07. The Kier molecular flexibility index (Phi) is 5.76. The van der Waals surface area contributed by atoms with Crippen LogP contribution in [-0.2, 0) is 10.0 Å². The molecule has 0 bridgehead atoms. The van der Waals surface area contributed by atoms with Crippen LogP contribution in [0.3, 0.4) is 0 Å². The van der Waals surface area contributed by atoms with E-state index in [0.29, 0.717) is 24.3 Å². The van der Waals surface area contributed by atoms with Crippen molar-refractivity contribution in [3.63, 3.8) is 0 Å². The SMILES string of the molecule is CCS(=O)(=O)N1CCN(c2ccc(C(=O)c3ccccc3)cc2[N+](=O)[O-])CC1. The number of nitro benzene ring substituents is 1. The first-order chi connectivity index (χ1) is 13.3. The van der Waals surface area contributed by atoms with Gasteiger partial charge in [-0.05, 0) is 19.1 Å². The average molecular weight is 403 g/mol. The van der Waals surface area contributed by atoms with E-state index in [9.17, 15) is 23.3 Å². The van der Waals surface area contributed by atoms with Crippen LogP contribution in [0.1, 0.15) is 22.8 Å². The van der Waals surface area contributed by atoms with Gasteiger partial charge in [-0.15, -0.1) is 0 Å². The summed E-state index contributed by atoms with van der Waals surface area (Å²) in [6, 6.07) is 13.0. The lowest BCUT2D eigenvalue weighted by molar-refractivity contribution is -0.384. The molecule has 28 heavy (non-hydrogen) atoms. The minimum Gasteiger partial charge on any atom is -0.363 e. The first kappa shape index (κ1) is 20.0. The maximum atomic E-state index is 12.6. The average Bonchev–Trinajstić information content (AvgIpc) is 2.73. The monoisotopic (exact) mass is 403 g/mol. The first-order valence-electron chi connectivity index (χ1n) is 8.94. The maximum absolute atomic E-state index is 12.6. The Hall–Kier alpha value is -2.78. The molecular formula is C19H21N3O5S. The molecule has 2 aromatic carbocycles. The number of piperazine rings is 1. The summed E-state index contributed by atoms with van der Waals surface area (Å²) in [5.74, 6) is -0.252. The van der Waals surface area contributed by atoms with Gasteiger partial charge in [0.25, 0.3) is 5.69 Å². The Bertz CT molecular complexity index is 984. The van der Waals surface area contributed by atoms with Crippen molar-refractivity contribution >= 4 is 27.2 Å². The van der Waals surface area contributed by atoms with Crippen LogP contribution >= 0.6 is 0 Å². The molecular weight excluding hydrogens is 382 g/mol. The topological polar surface area (TPSA) is 101 Å². The van der Waals surface area contributed by atoms with E-state index in [1.165, 1.54) is 10.4 Å². The summed E-state index contributed by atoms with van der Waals surface area (Å²) in [5.41, 5.74) is 0.938. The summed E-state index contributed by atoms with van der Waals surface area (Å²) >= 11 is 0. The van der Waals surface area contributed by atoms with Crippen molar-refractivity contribution in [1.29, 1.82) is 0 Å². The fourth-order valence-electron chi connectivity index (χ4n) is 3.22. The van der Waals surface area contributed by atoms with Gasteiger partial charge < -0.3 is 4.90 Å². The highest BCUT2D eigenvalue weighted by molar-refractivity contribution is 7.89. The number of ketones is 1. The summed E-state index contributed by atoms with van der Waals surface area (Å²) in [6.45, 7) is 2.85. The molecule has 1 heterocycles. The van der Waals surface area contributed by atoms with E-state index >= 15 is 0 Å². The molecule has 2 aromatic rings. The van der Waals surface area contributed by atoms with Gasteiger partial charge in [-0.25, -0.2) is 8.42 Å². The van der Waals surface area contributed by atoms with Crippen LogP contribution in [0.25, 0.3) is 0 Å². The predicted octanol–water partition coefficient (Wildman–Crippen LogP) is 2.30. The van der Waals surface area contributed by atoms with E-state index in [2.05, 4.69) is 0 Å². The van der Waals surface area contributed by atoms with Crippen molar-refractivity contribution in [2.75, 3.05) is 36.8 Å². The second-order valence-electron chi connectivity index (χ2n) is 6.44. The molecule has 0 aliphatic carbocycles. The molecule has 0 radical (unpaired) electrons. The highest BCUT2D eigenvalue weighted by Gasteiger charge is 2.29. The summed E-state index contributed by atoms with van der Waals surface area (Å²) in [4.78, 5) is 25.5. The van der Waals surface area contributed by atoms with Crippen LogP contribution in [0.2, 0.25) is 0 Å². The number of hydrogen-bond donors (Lipinski definition) is 0. The maximum Gasteiger partial charge on any atom is 0.293 e. The number of carbonyl (C=O) groups excluding carboxylic acids is 1. The number of benzene rings is 2. The first-order valence-corrected chi connectivity index (χ1v) is 10.6. The Morgan fingerprint density at radius 2 is 1.68 bits per heavy atom. The van der Waals surface area contributed by atoms with Gasteiger partial charge in [-0.1, -0.05) is 30.3 Å². The molecule has 8 nitrogen and oxygen atoms in total. The largest absolute Gasteiger partial charge is 0.363 e. The lowest BCUT2D eigenvalue weighted by atomic mass is 10.0. The molecule has 0 aromatic heterocycles. The van der Waals surface area contributed by atoms with Gasteiger partial charge in [-0.3, -0.25) is 14.9 Å². The number of hydrogen-bond acceptors (Lipinski definition) is 6. The van der Waals surface area contributed by atoms with Gasteiger partial charge in [0, 0.05) is 43.4 Å². The minimum absolute atomic E-state index is 0.0312. The fraction of sp³-hybridized carbons (Fsp3) is 0.316. The van der Waals surface area contributed by atoms with Gasteiger partial charge in [0.2, 0.25) is 10.0 Å². The van der Waals surface area contributed by atoms with Crippen molar-refractivity contribution in [2.24, 2.45) is 0 Å². The van der Waals surface area contributed by atoms with E-state index in [1.807, 2.05) is 0 Å². The van der Waals surface area contributed by atoms with Crippen LogP contribution < -0.4 is 4.90 Å². The van der Waals surface area contributed by atoms with Gasteiger partial charge in [0.15, 0.2) is 5.78 Å². The zero-order chi connectivity index (χ0) is 20.3. The quantitative estimate of drug-likeness (QED) is 0.417. The van der Waals surface area contributed by atoms with Gasteiger partial charge in [-0.2, -0.15) is 4.31 Å². The van der Waals surface area contributed by atoms with E-state index in [-0.39, 0.29) is 35.9 Å². The third-order valence-corrected chi connectivity index (χ3v) is 6.69. The van der Waals surface area contributed by atoms with E-state index in [0.717, 1.165) is 0 Å². The van der Waals surface area contributed by atoms with Gasteiger partial charge in [0.05, 0.1) is 10.7 Å². The predicted molar refractivity (Wildman–Crippen MR) is 106 cm³/mol. The highest BCUT2D eigenvalue weighted by atomic mass is 32.2.